The number of hydrogen-bond donors (Lipinski definition) is 2. The van der Waals surface area contributed by atoms with Gasteiger partial charge in [0, 0.05) is 18.1 Å². The Bertz CT molecular complexity index is 710. The van der Waals surface area contributed by atoms with Gasteiger partial charge in [0.1, 0.15) is 0 Å². The Morgan fingerprint density at radius 1 is 1.13 bits per heavy atom. The summed E-state index contributed by atoms with van der Waals surface area (Å²) in [4.78, 5) is 11.0. The number of halogens is 1. The van der Waals surface area contributed by atoms with Gasteiger partial charge in [-0.25, -0.2) is 4.79 Å². The van der Waals surface area contributed by atoms with Gasteiger partial charge in [0.15, 0.2) is 0 Å². The Hall–Kier alpha value is -1.84. The van der Waals surface area contributed by atoms with Gasteiger partial charge >= 0.3 is 5.97 Å². The zero-order chi connectivity index (χ0) is 16.3. The fourth-order valence-electron chi connectivity index (χ4n) is 2.96. The largest absolute Gasteiger partial charge is 0.478 e. The van der Waals surface area contributed by atoms with Crippen LogP contribution in [0.5, 0.6) is 0 Å². The van der Waals surface area contributed by atoms with Crippen LogP contribution in [0.2, 0.25) is 5.02 Å². The highest BCUT2D eigenvalue weighted by Gasteiger charge is 2.41. The fourth-order valence-corrected chi connectivity index (χ4v) is 3.17. The topological polar surface area (TPSA) is 49.3 Å². The van der Waals surface area contributed by atoms with E-state index in [2.05, 4.69) is 11.4 Å². The lowest BCUT2D eigenvalue weighted by molar-refractivity contribution is 0.0696. The van der Waals surface area contributed by atoms with E-state index in [0.29, 0.717) is 17.5 Å². The van der Waals surface area contributed by atoms with E-state index < -0.39 is 5.97 Å². The third-order valence-electron chi connectivity index (χ3n) is 4.43. The van der Waals surface area contributed by atoms with Crippen molar-refractivity contribution in [3.05, 3.63) is 70.2 Å². The first-order valence-electron chi connectivity index (χ1n) is 7.84. The molecular formula is C19H20ClNO2. The Morgan fingerprint density at radius 3 is 2.57 bits per heavy atom. The quantitative estimate of drug-likeness (QED) is 0.802. The Morgan fingerprint density at radius 2 is 1.87 bits per heavy atom. The predicted octanol–water partition coefficient (Wildman–Crippen LogP) is 4.15. The molecule has 1 aliphatic carbocycles. The van der Waals surface area contributed by atoms with Crippen LogP contribution in [0.3, 0.4) is 0 Å². The van der Waals surface area contributed by atoms with Crippen LogP contribution in [0.4, 0.5) is 0 Å². The van der Waals surface area contributed by atoms with E-state index in [-0.39, 0.29) is 0 Å². The molecule has 1 fully saturated rings. The molecule has 0 bridgehead atoms. The van der Waals surface area contributed by atoms with Crippen LogP contribution in [0, 0.1) is 5.41 Å². The number of nitrogens with one attached hydrogen (secondary N) is 1. The van der Waals surface area contributed by atoms with Gasteiger partial charge in [0.2, 0.25) is 0 Å². The minimum absolute atomic E-state index is 0.328. The summed E-state index contributed by atoms with van der Waals surface area (Å²) in [5.41, 5.74) is 2.95. The fraction of sp³-hybridized carbons (Fsp3) is 0.316. The number of benzene rings is 2. The zero-order valence-corrected chi connectivity index (χ0v) is 13.6. The molecule has 1 saturated carbocycles. The highest BCUT2D eigenvalue weighted by atomic mass is 35.5. The summed E-state index contributed by atoms with van der Waals surface area (Å²) >= 11 is 6.06. The average Bonchev–Trinajstić information content (AvgIpc) is 3.27. The lowest BCUT2D eigenvalue weighted by Gasteiger charge is -2.16. The van der Waals surface area contributed by atoms with Gasteiger partial charge in [-0.05, 0) is 60.1 Å². The Balaban J connectivity index is 1.54. The van der Waals surface area contributed by atoms with Crippen molar-refractivity contribution in [1.82, 2.24) is 5.32 Å². The molecule has 0 saturated heterocycles. The van der Waals surface area contributed by atoms with Crippen molar-refractivity contribution in [2.24, 2.45) is 5.41 Å². The van der Waals surface area contributed by atoms with E-state index in [1.54, 1.807) is 18.2 Å². The standard InChI is InChI=1S/C19H20ClNO2/c20-17-6-2-3-14(10-17)11-19(7-8-19)13-21-12-15-4-1-5-16(9-15)18(22)23/h1-6,9-10,21H,7-8,11-13H2,(H,22,23). The maximum atomic E-state index is 11.0. The second kappa shape index (κ2) is 6.73. The van der Waals surface area contributed by atoms with Gasteiger partial charge in [0.25, 0.3) is 0 Å². The number of carboxylic acid groups (broad SMARTS) is 1. The monoisotopic (exact) mass is 329 g/mol. The average molecular weight is 330 g/mol. The predicted molar refractivity (Wildman–Crippen MR) is 91.9 cm³/mol. The van der Waals surface area contributed by atoms with Gasteiger partial charge in [-0.3, -0.25) is 0 Å². The smallest absolute Gasteiger partial charge is 0.335 e. The van der Waals surface area contributed by atoms with Gasteiger partial charge in [-0.15, -0.1) is 0 Å². The minimum atomic E-state index is -0.883. The lowest BCUT2D eigenvalue weighted by atomic mass is 9.96. The number of aromatic carboxylic acids is 1. The minimum Gasteiger partial charge on any atom is -0.478 e. The van der Waals surface area contributed by atoms with Gasteiger partial charge in [-0.2, -0.15) is 0 Å². The third-order valence-corrected chi connectivity index (χ3v) is 4.66. The molecule has 0 heterocycles. The van der Waals surface area contributed by atoms with E-state index >= 15 is 0 Å². The summed E-state index contributed by atoms with van der Waals surface area (Å²) in [6.07, 6.45) is 3.49. The second-order valence-corrected chi connectivity index (χ2v) is 6.85. The van der Waals surface area contributed by atoms with Crippen LogP contribution in [-0.4, -0.2) is 17.6 Å². The van der Waals surface area contributed by atoms with Gasteiger partial charge in [0.05, 0.1) is 5.56 Å². The van der Waals surface area contributed by atoms with E-state index in [1.165, 1.54) is 18.4 Å². The Kier molecular flexibility index (Phi) is 4.69. The first-order chi connectivity index (χ1) is 11.1. The number of carbonyl (C=O) groups is 1. The molecule has 23 heavy (non-hydrogen) atoms. The summed E-state index contributed by atoms with van der Waals surface area (Å²) < 4.78 is 0. The van der Waals surface area contributed by atoms with E-state index in [9.17, 15) is 4.79 Å². The summed E-state index contributed by atoms with van der Waals surface area (Å²) in [5, 5.41) is 13.3. The van der Waals surface area contributed by atoms with Crippen molar-refractivity contribution in [3.63, 3.8) is 0 Å². The third kappa shape index (κ3) is 4.34. The van der Waals surface area contributed by atoms with Crippen molar-refractivity contribution in [2.45, 2.75) is 25.8 Å². The van der Waals surface area contributed by atoms with Crippen molar-refractivity contribution >= 4 is 17.6 Å². The van der Waals surface area contributed by atoms with Crippen LogP contribution < -0.4 is 5.32 Å². The summed E-state index contributed by atoms with van der Waals surface area (Å²) in [7, 11) is 0. The molecule has 4 heteroatoms. The van der Waals surface area contributed by atoms with Crippen LogP contribution in [0.15, 0.2) is 48.5 Å². The van der Waals surface area contributed by atoms with Gasteiger partial charge in [-0.1, -0.05) is 35.9 Å². The molecule has 0 radical (unpaired) electrons. The molecular weight excluding hydrogens is 310 g/mol. The first kappa shape index (κ1) is 16.0. The van der Waals surface area contributed by atoms with Crippen molar-refractivity contribution < 1.29 is 9.90 Å². The summed E-state index contributed by atoms with van der Waals surface area (Å²) in [5.74, 6) is -0.883. The normalized spacial score (nSPS) is 15.3. The van der Waals surface area contributed by atoms with E-state index in [4.69, 9.17) is 16.7 Å². The van der Waals surface area contributed by atoms with Crippen LogP contribution in [-0.2, 0) is 13.0 Å². The molecule has 3 nitrogen and oxygen atoms in total. The molecule has 0 aliphatic heterocycles. The molecule has 3 rings (SSSR count). The molecule has 2 aromatic rings. The highest BCUT2D eigenvalue weighted by Crippen LogP contribution is 2.48. The molecule has 1 aliphatic rings. The maximum absolute atomic E-state index is 11.0. The number of carboxylic acids is 1. The Labute approximate surface area is 141 Å². The zero-order valence-electron chi connectivity index (χ0n) is 12.9. The molecule has 2 aromatic carbocycles. The molecule has 120 valence electrons. The molecule has 0 spiro atoms. The molecule has 2 N–H and O–H groups in total. The molecule has 0 unspecified atom stereocenters. The van der Waals surface area contributed by atoms with E-state index in [1.807, 2.05) is 24.3 Å². The SMILES string of the molecule is O=C(O)c1cccc(CNCC2(Cc3cccc(Cl)c3)CC2)c1. The number of rotatable bonds is 7. The second-order valence-electron chi connectivity index (χ2n) is 6.42. The van der Waals surface area contributed by atoms with Crippen LogP contribution >= 0.6 is 11.6 Å². The van der Waals surface area contributed by atoms with Crippen molar-refractivity contribution in [2.75, 3.05) is 6.54 Å². The highest BCUT2D eigenvalue weighted by molar-refractivity contribution is 6.30. The van der Waals surface area contributed by atoms with Crippen molar-refractivity contribution in [3.8, 4) is 0 Å². The molecule has 0 amide bonds. The van der Waals surface area contributed by atoms with Crippen LogP contribution in [0.1, 0.15) is 34.3 Å². The first-order valence-corrected chi connectivity index (χ1v) is 8.22. The summed E-state index contributed by atoms with van der Waals surface area (Å²) in [6, 6.07) is 15.2. The number of hydrogen-bond acceptors (Lipinski definition) is 2. The molecule has 0 atom stereocenters. The molecule has 0 aromatic heterocycles. The van der Waals surface area contributed by atoms with Gasteiger partial charge < -0.3 is 10.4 Å². The van der Waals surface area contributed by atoms with E-state index in [0.717, 1.165) is 23.6 Å². The lowest BCUT2D eigenvalue weighted by Crippen LogP contribution is -2.25. The van der Waals surface area contributed by atoms with Crippen molar-refractivity contribution in [1.29, 1.82) is 0 Å². The maximum Gasteiger partial charge on any atom is 0.335 e. The van der Waals surface area contributed by atoms with Crippen LogP contribution in [0.25, 0.3) is 0 Å². The summed E-state index contributed by atoms with van der Waals surface area (Å²) in [6.45, 7) is 1.63.